The zero-order valence-electron chi connectivity index (χ0n) is 12.0. The molecular formula is C16H16BrClN2O2. The largest absolute Gasteiger partial charge is 0.490 e. The predicted molar refractivity (Wildman–Crippen MR) is 92.8 cm³/mol. The van der Waals surface area contributed by atoms with Crippen molar-refractivity contribution in [1.29, 1.82) is 0 Å². The van der Waals surface area contributed by atoms with E-state index in [0.29, 0.717) is 23.9 Å². The topological polar surface area (TPSA) is 50.4 Å². The van der Waals surface area contributed by atoms with Crippen molar-refractivity contribution in [1.82, 2.24) is 5.32 Å². The molecule has 0 fully saturated rings. The van der Waals surface area contributed by atoms with Crippen molar-refractivity contribution in [2.75, 3.05) is 18.5 Å². The summed E-state index contributed by atoms with van der Waals surface area (Å²) in [6.07, 6.45) is 0. The Morgan fingerprint density at radius 1 is 1.23 bits per heavy atom. The first-order valence-electron chi connectivity index (χ1n) is 6.74. The molecule has 0 unspecified atom stereocenters. The molecule has 2 N–H and O–H groups in total. The first-order chi connectivity index (χ1) is 10.5. The number of carbonyl (C=O) groups excluding carboxylic acids is 1. The molecule has 0 radical (unpaired) electrons. The van der Waals surface area contributed by atoms with Crippen LogP contribution in [0.4, 0.5) is 10.5 Å². The molecule has 0 aliphatic rings. The summed E-state index contributed by atoms with van der Waals surface area (Å²) in [5, 5.41) is 6.02. The second kappa shape index (κ2) is 8.06. The van der Waals surface area contributed by atoms with Gasteiger partial charge in [0.05, 0.1) is 11.6 Å². The third-order valence-corrected chi connectivity index (χ3v) is 3.67. The van der Waals surface area contributed by atoms with Gasteiger partial charge in [-0.05, 0) is 48.9 Å². The average molecular weight is 384 g/mol. The third kappa shape index (κ3) is 5.24. The maximum atomic E-state index is 11.7. The Labute approximate surface area is 142 Å². The zero-order valence-corrected chi connectivity index (χ0v) is 14.4. The summed E-state index contributed by atoms with van der Waals surface area (Å²) in [5.74, 6) is 0.622. The van der Waals surface area contributed by atoms with Crippen molar-refractivity contribution in [3.63, 3.8) is 0 Å². The SMILES string of the molecule is Cc1ccc(Cl)c(OCCNC(=O)Nc2ccc(Br)cc2)c1. The second-order valence-electron chi connectivity index (χ2n) is 4.67. The highest BCUT2D eigenvalue weighted by atomic mass is 79.9. The molecule has 2 amide bonds. The van der Waals surface area contributed by atoms with Crippen molar-refractivity contribution < 1.29 is 9.53 Å². The van der Waals surface area contributed by atoms with Crippen molar-refractivity contribution in [2.24, 2.45) is 0 Å². The van der Waals surface area contributed by atoms with E-state index in [0.717, 1.165) is 15.7 Å². The lowest BCUT2D eigenvalue weighted by molar-refractivity contribution is 0.247. The van der Waals surface area contributed by atoms with Gasteiger partial charge in [0.1, 0.15) is 12.4 Å². The summed E-state index contributed by atoms with van der Waals surface area (Å²) in [6.45, 7) is 2.69. The monoisotopic (exact) mass is 382 g/mol. The van der Waals surface area contributed by atoms with E-state index in [1.54, 1.807) is 6.07 Å². The lowest BCUT2D eigenvalue weighted by Gasteiger charge is -2.10. The third-order valence-electron chi connectivity index (χ3n) is 2.83. The van der Waals surface area contributed by atoms with Crippen molar-refractivity contribution in [3.05, 3.63) is 57.5 Å². The number of halogens is 2. The fraction of sp³-hybridized carbons (Fsp3) is 0.188. The number of ether oxygens (including phenoxy) is 1. The second-order valence-corrected chi connectivity index (χ2v) is 5.99. The van der Waals surface area contributed by atoms with E-state index < -0.39 is 0 Å². The van der Waals surface area contributed by atoms with Crippen LogP contribution in [0.5, 0.6) is 5.75 Å². The number of hydrogen-bond donors (Lipinski definition) is 2. The summed E-state index contributed by atoms with van der Waals surface area (Å²) >= 11 is 9.37. The molecule has 0 aliphatic carbocycles. The van der Waals surface area contributed by atoms with Crippen LogP contribution in [0.1, 0.15) is 5.56 Å². The van der Waals surface area contributed by atoms with Gasteiger partial charge in [0.15, 0.2) is 0 Å². The molecule has 0 spiro atoms. The van der Waals surface area contributed by atoms with Crippen LogP contribution >= 0.6 is 27.5 Å². The van der Waals surface area contributed by atoms with Gasteiger partial charge in [0.25, 0.3) is 0 Å². The quantitative estimate of drug-likeness (QED) is 0.741. The van der Waals surface area contributed by atoms with Crippen LogP contribution in [-0.2, 0) is 0 Å². The van der Waals surface area contributed by atoms with Gasteiger partial charge in [-0.1, -0.05) is 33.6 Å². The van der Waals surface area contributed by atoms with Crippen LogP contribution in [-0.4, -0.2) is 19.2 Å². The number of carbonyl (C=O) groups is 1. The van der Waals surface area contributed by atoms with Crippen LogP contribution < -0.4 is 15.4 Å². The molecule has 0 bridgehead atoms. The van der Waals surface area contributed by atoms with E-state index in [9.17, 15) is 4.79 Å². The zero-order chi connectivity index (χ0) is 15.9. The van der Waals surface area contributed by atoms with E-state index in [2.05, 4.69) is 26.6 Å². The molecule has 2 aromatic carbocycles. The van der Waals surface area contributed by atoms with Gasteiger partial charge in [-0.3, -0.25) is 0 Å². The van der Waals surface area contributed by atoms with Gasteiger partial charge in [0.2, 0.25) is 0 Å². The Kier molecular flexibility index (Phi) is 6.10. The lowest BCUT2D eigenvalue weighted by Crippen LogP contribution is -2.32. The Hall–Kier alpha value is -1.72. The first-order valence-corrected chi connectivity index (χ1v) is 7.91. The molecule has 2 aromatic rings. The Morgan fingerprint density at radius 2 is 1.95 bits per heavy atom. The van der Waals surface area contributed by atoms with Gasteiger partial charge in [-0.15, -0.1) is 0 Å². The molecule has 2 rings (SSSR count). The highest BCUT2D eigenvalue weighted by Crippen LogP contribution is 2.24. The van der Waals surface area contributed by atoms with Crippen molar-refractivity contribution in [3.8, 4) is 5.75 Å². The molecule has 0 aliphatic heterocycles. The Morgan fingerprint density at radius 3 is 2.68 bits per heavy atom. The molecule has 22 heavy (non-hydrogen) atoms. The molecule has 6 heteroatoms. The summed E-state index contributed by atoms with van der Waals surface area (Å²) in [5.41, 5.74) is 1.80. The van der Waals surface area contributed by atoms with Crippen LogP contribution in [0.2, 0.25) is 5.02 Å². The van der Waals surface area contributed by atoms with Crippen molar-refractivity contribution in [2.45, 2.75) is 6.92 Å². The molecular weight excluding hydrogens is 368 g/mol. The molecule has 0 saturated carbocycles. The van der Waals surface area contributed by atoms with Crippen LogP contribution in [0, 0.1) is 6.92 Å². The fourth-order valence-electron chi connectivity index (χ4n) is 1.76. The van der Waals surface area contributed by atoms with Crippen LogP contribution in [0.25, 0.3) is 0 Å². The van der Waals surface area contributed by atoms with E-state index in [4.69, 9.17) is 16.3 Å². The molecule has 4 nitrogen and oxygen atoms in total. The summed E-state index contributed by atoms with van der Waals surface area (Å²) in [4.78, 5) is 11.7. The molecule has 0 aromatic heterocycles. The van der Waals surface area contributed by atoms with E-state index in [1.165, 1.54) is 0 Å². The summed E-state index contributed by atoms with van der Waals surface area (Å²) < 4.78 is 6.51. The number of benzene rings is 2. The van der Waals surface area contributed by atoms with E-state index >= 15 is 0 Å². The maximum Gasteiger partial charge on any atom is 0.319 e. The van der Waals surface area contributed by atoms with E-state index in [1.807, 2.05) is 43.3 Å². The van der Waals surface area contributed by atoms with Gasteiger partial charge in [-0.25, -0.2) is 4.79 Å². The summed E-state index contributed by atoms with van der Waals surface area (Å²) in [7, 11) is 0. The first kappa shape index (κ1) is 16.6. The molecule has 116 valence electrons. The maximum absolute atomic E-state index is 11.7. The highest BCUT2D eigenvalue weighted by molar-refractivity contribution is 9.10. The average Bonchev–Trinajstić information content (AvgIpc) is 2.49. The van der Waals surface area contributed by atoms with Crippen LogP contribution in [0.3, 0.4) is 0 Å². The van der Waals surface area contributed by atoms with Gasteiger partial charge in [-0.2, -0.15) is 0 Å². The normalized spacial score (nSPS) is 10.1. The minimum atomic E-state index is -0.277. The Balaban J connectivity index is 1.73. The van der Waals surface area contributed by atoms with Gasteiger partial charge < -0.3 is 15.4 Å². The minimum absolute atomic E-state index is 0.277. The minimum Gasteiger partial charge on any atom is -0.490 e. The molecule has 0 heterocycles. The molecule has 0 atom stereocenters. The number of anilines is 1. The lowest BCUT2D eigenvalue weighted by atomic mass is 10.2. The number of nitrogens with one attached hydrogen (secondary N) is 2. The van der Waals surface area contributed by atoms with Crippen molar-refractivity contribution >= 4 is 39.2 Å². The van der Waals surface area contributed by atoms with E-state index in [-0.39, 0.29) is 6.03 Å². The van der Waals surface area contributed by atoms with Crippen LogP contribution in [0.15, 0.2) is 46.9 Å². The standard InChI is InChI=1S/C16H16BrClN2O2/c1-11-2-7-14(18)15(10-11)22-9-8-19-16(21)20-13-5-3-12(17)4-6-13/h2-7,10H,8-9H2,1H3,(H2,19,20,21). The van der Waals surface area contributed by atoms with Gasteiger partial charge in [0, 0.05) is 10.2 Å². The number of hydrogen-bond acceptors (Lipinski definition) is 2. The predicted octanol–water partition coefficient (Wildman–Crippen LogP) is 4.61. The number of urea groups is 1. The summed E-state index contributed by atoms with van der Waals surface area (Å²) in [6, 6.07) is 12.6. The number of aryl methyl sites for hydroxylation is 1. The molecule has 0 saturated heterocycles. The number of amides is 2. The smallest absolute Gasteiger partial charge is 0.319 e. The fourth-order valence-corrected chi connectivity index (χ4v) is 2.19. The van der Waals surface area contributed by atoms with Gasteiger partial charge >= 0.3 is 6.03 Å². The highest BCUT2D eigenvalue weighted by Gasteiger charge is 2.03. The Bertz CT molecular complexity index is 647. The number of rotatable bonds is 5.